The molecule has 0 aliphatic carbocycles. The molecule has 0 spiro atoms. The highest BCUT2D eigenvalue weighted by Gasteiger charge is 2.40. The van der Waals surface area contributed by atoms with Crippen molar-refractivity contribution in [2.45, 2.75) is 18.6 Å². The summed E-state index contributed by atoms with van der Waals surface area (Å²) in [5, 5.41) is 9.59. The lowest BCUT2D eigenvalue weighted by Crippen LogP contribution is -2.29. The van der Waals surface area contributed by atoms with Gasteiger partial charge in [-0.15, -0.1) is 0 Å². The molecule has 2 aromatic rings. The van der Waals surface area contributed by atoms with Gasteiger partial charge in [0.1, 0.15) is 0 Å². The molecule has 3 rings (SSSR count). The van der Waals surface area contributed by atoms with Gasteiger partial charge in [-0.2, -0.15) is 11.8 Å². The summed E-state index contributed by atoms with van der Waals surface area (Å²) in [7, 11) is 0. The molecule has 2 aromatic carbocycles. The van der Waals surface area contributed by atoms with Gasteiger partial charge in [0.15, 0.2) is 0 Å². The van der Waals surface area contributed by atoms with Crippen molar-refractivity contribution in [1.29, 1.82) is 0 Å². The maximum atomic E-state index is 12.8. The summed E-state index contributed by atoms with van der Waals surface area (Å²) in [6.07, 6.45) is 0. The van der Waals surface area contributed by atoms with Crippen LogP contribution in [0.25, 0.3) is 0 Å². The Morgan fingerprint density at radius 1 is 1.08 bits per heavy atom. The van der Waals surface area contributed by atoms with Crippen molar-refractivity contribution in [1.82, 2.24) is 4.90 Å². The number of carboxylic acids is 1. The lowest BCUT2D eigenvalue weighted by molar-refractivity contribution is -0.141. The Hall–Kier alpha value is -2.27. The van der Waals surface area contributed by atoms with Gasteiger partial charge in [0, 0.05) is 30.3 Å². The third-order valence-corrected chi connectivity index (χ3v) is 5.77. The average molecular weight is 369 g/mol. The van der Waals surface area contributed by atoms with E-state index in [1.807, 2.05) is 66.4 Å². The van der Waals surface area contributed by atoms with Crippen LogP contribution in [0.1, 0.15) is 34.3 Å². The second-order valence-electron chi connectivity index (χ2n) is 6.51. The molecule has 5 heteroatoms. The zero-order valence-electron chi connectivity index (χ0n) is 14.8. The van der Waals surface area contributed by atoms with E-state index in [9.17, 15) is 14.7 Å². The molecule has 26 heavy (non-hydrogen) atoms. The van der Waals surface area contributed by atoms with Crippen molar-refractivity contribution in [3.63, 3.8) is 0 Å². The summed E-state index contributed by atoms with van der Waals surface area (Å²) in [4.78, 5) is 26.2. The second kappa shape index (κ2) is 8.41. The number of rotatable bonds is 6. The fraction of sp³-hybridized carbons (Fsp3) is 0.333. The first-order valence-corrected chi connectivity index (χ1v) is 9.99. The van der Waals surface area contributed by atoms with Gasteiger partial charge in [-0.3, -0.25) is 9.59 Å². The van der Waals surface area contributed by atoms with Gasteiger partial charge < -0.3 is 10.0 Å². The van der Waals surface area contributed by atoms with E-state index in [1.54, 1.807) is 4.90 Å². The monoisotopic (exact) mass is 369 g/mol. The Bertz CT molecular complexity index is 761. The van der Waals surface area contributed by atoms with E-state index in [0.29, 0.717) is 12.1 Å². The molecule has 0 saturated carbocycles. The highest BCUT2D eigenvalue weighted by molar-refractivity contribution is 7.98. The number of thioether (sulfide) groups is 1. The molecule has 1 N–H and O–H groups in total. The maximum absolute atomic E-state index is 12.8. The number of aliphatic carboxylic acids is 1. The van der Waals surface area contributed by atoms with E-state index in [2.05, 4.69) is 6.92 Å². The summed E-state index contributed by atoms with van der Waals surface area (Å²) in [5.41, 5.74) is 2.79. The largest absolute Gasteiger partial charge is 0.481 e. The molecule has 0 aromatic heterocycles. The number of nitrogens with zero attached hydrogens (tertiary/aromatic N) is 1. The minimum absolute atomic E-state index is 0.0932. The molecule has 1 amide bonds. The molecule has 1 saturated heterocycles. The predicted octanol–water partition coefficient (Wildman–Crippen LogP) is 3.88. The number of hydrogen-bond acceptors (Lipinski definition) is 3. The quantitative estimate of drug-likeness (QED) is 0.839. The van der Waals surface area contributed by atoms with Gasteiger partial charge in [-0.05, 0) is 29.0 Å². The van der Waals surface area contributed by atoms with E-state index in [1.165, 1.54) is 5.56 Å². The van der Waals surface area contributed by atoms with Crippen LogP contribution in [-0.2, 0) is 10.5 Å². The van der Waals surface area contributed by atoms with Crippen LogP contribution in [0.3, 0.4) is 0 Å². The van der Waals surface area contributed by atoms with Crippen molar-refractivity contribution in [3.8, 4) is 0 Å². The number of benzene rings is 2. The number of hydrogen-bond donors (Lipinski definition) is 1. The third-order valence-electron chi connectivity index (χ3n) is 4.83. The average Bonchev–Trinajstić information content (AvgIpc) is 3.13. The lowest BCUT2D eigenvalue weighted by atomic mass is 9.89. The van der Waals surface area contributed by atoms with Gasteiger partial charge in [0.05, 0.1) is 5.92 Å². The van der Waals surface area contributed by atoms with Crippen molar-refractivity contribution in [3.05, 3.63) is 71.3 Å². The Kier molecular flexibility index (Phi) is 5.99. The Morgan fingerprint density at radius 2 is 1.77 bits per heavy atom. The highest BCUT2D eigenvalue weighted by atomic mass is 32.2. The summed E-state index contributed by atoms with van der Waals surface area (Å²) in [6.45, 7) is 2.81. The molecule has 0 bridgehead atoms. The first-order valence-electron chi connectivity index (χ1n) is 8.84. The lowest BCUT2D eigenvalue weighted by Gasteiger charge is -2.17. The molecular weight excluding hydrogens is 346 g/mol. The first-order chi connectivity index (χ1) is 12.6. The van der Waals surface area contributed by atoms with Gasteiger partial charge in [-0.25, -0.2) is 0 Å². The summed E-state index contributed by atoms with van der Waals surface area (Å²) < 4.78 is 0. The molecule has 1 fully saturated rings. The molecule has 2 atom stereocenters. The van der Waals surface area contributed by atoms with Crippen LogP contribution in [0.15, 0.2) is 54.6 Å². The highest BCUT2D eigenvalue weighted by Crippen LogP contribution is 2.33. The Morgan fingerprint density at radius 3 is 2.38 bits per heavy atom. The molecule has 0 radical (unpaired) electrons. The van der Waals surface area contributed by atoms with Crippen LogP contribution in [0.2, 0.25) is 0 Å². The number of carbonyl (C=O) groups excluding carboxylic acids is 1. The van der Waals surface area contributed by atoms with Gasteiger partial charge in [-0.1, -0.05) is 49.4 Å². The summed E-state index contributed by atoms with van der Waals surface area (Å²) in [6, 6.07) is 17.3. The van der Waals surface area contributed by atoms with Crippen LogP contribution in [0, 0.1) is 5.92 Å². The van der Waals surface area contributed by atoms with Crippen molar-refractivity contribution in [2.75, 3.05) is 18.8 Å². The van der Waals surface area contributed by atoms with Crippen molar-refractivity contribution < 1.29 is 14.7 Å². The molecule has 1 aliphatic heterocycles. The zero-order chi connectivity index (χ0) is 18.5. The minimum atomic E-state index is -0.846. The smallest absolute Gasteiger partial charge is 0.308 e. The fourth-order valence-corrected chi connectivity index (χ4v) is 4.04. The molecule has 2 unspecified atom stereocenters. The molecule has 4 nitrogen and oxygen atoms in total. The maximum Gasteiger partial charge on any atom is 0.308 e. The first kappa shape index (κ1) is 18.5. The second-order valence-corrected chi connectivity index (χ2v) is 7.78. The van der Waals surface area contributed by atoms with E-state index in [-0.39, 0.29) is 18.4 Å². The molecule has 1 heterocycles. The van der Waals surface area contributed by atoms with Crippen LogP contribution in [0.4, 0.5) is 0 Å². The van der Waals surface area contributed by atoms with Gasteiger partial charge in [0.25, 0.3) is 5.91 Å². The number of carboxylic acid groups (broad SMARTS) is 1. The van der Waals surface area contributed by atoms with Crippen LogP contribution in [0.5, 0.6) is 0 Å². The normalized spacial score (nSPS) is 19.5. The van der Waals surface area contributed by atoms with Crippen LogP contribution >= 0.6 is 11.8 Å². The fourth-order valence-electron chi connectivity index (χ4n) is 3.40. The van der Waals surface area contributed by atoms with Gasteiger partial charge >= 0.3 is 5.97 Å². The van der Waals surface area contributed by atoms with E-state index in [4.69, 9.17) is 0 Å². The molecule has 136 valence electrons. The van der Waals surface area contributed by atoms with E-state index >= 15 is 0 Å². The summed E-state index contributed by atoms with van der Waals surface area (Å²) in [5.74, 6) is 0.322. The van der Waals surface area contributed by atoms with Gasteiger partial charge in [0.2, 0.25) is 0 Å². The van der Waals surface area contributed by atoms with E-state index < -0.39 is 11.9 Å². The SMILES string of the molecule is CCSCc1ccc(C(=O)N2CC(C(=O)O)C(c3ccccc3)C2)cc1. The third kappa shape index (κ3) is 4.10. The van der Waals surface area contributed by atoms with Crippen molar-refractivity contribution >= 4 is 23.6 Å². The number of carbonyl (C=O) groups is 2. The minimum Gasteiger partial charge on any atom is -0.481 e. The summed E-state index contributed by atoms with van der Waals surface area (Å²) >= 11 is 1.84. The molecule has 1 aliphatic rings. The zero-order valence-corrected chi connectivity index (χ0v) is 15.6. The van der Waals surface area contributed by atoms with Crippen molar-refractivity contribution in [2.24, 2.45) is 5.92 Å². The van der Waals surface area contributed by atoms with E-state index in [0.717, 1.165) is 17.1 Å². The standard InChI is InChI=1S/C21H23NO3S/c1-2-26-14-15-8-10-17(11-9-15)20(23)22-12-18(19(13-22)21(24)25)16-6-4-3-5-7-16/h3-11,18-19H,2,12-14H2,1H3,(H,24,25). The topological polar surface area (TPSA) is 57.6 Å². The van der Waals surface area contributed by atoms with Crippen LogP contribution in [-0.4, -0.2) is 40.7 Å². The Balaban J connectivity index is 1.75. The number of amides is 1. The molecular formula is C21H23NO3S. The van der Waals surface area contributed by atoms with Crippen LogP contribution < -0.4 is 0 Å². The number of likely N-dealkylation sites (tertiary alicyclic amines) is 1. The Labute approximate surface area is 158 Å². The predicted molar refractivity (Wildman–Crippen MR) is 104 cm³/mol.